The minimum absolute atomic E-state index is 0.721. The summed E-state index contributed by atoms with van der Waals surface area (Å²) in [4.78, 5) is 0. The number of benzene rings is 2. The van der Waals surface area contributed by atoms with E-state index in [0.717, 1.165) is 22.3 Å². The Bertz CT molecular complexity index is 626. The van der Waals surface area contributed by atoms with Crippen LogP contribution in [0, 0.1) is 6.20 Å². The molecule has 1 radical (unpaired) electrons. The predicted octanol–water partition coefficient (Wildman–Crippen LogP) is 2.41. The van der Waals surface area contributed by atoms with Crippen molar-refractivity contribution < 1.29 is 0 Å². The minimum atomic E-state index is 0.721. The van der Waals surface area contributed by atoms with E-state index < -0.39 is 0 Å². The fourth-order valence-electron chi connectivity index (χ4n) is 1.66. The van der Waals surface area contributed by atoms with Crippen molar-refractivity contribution in [2.45, 2.75) is 0 Å². The van der Waals surface area contributed by atoms with E-state index >= 15 is 0 Å². The zero-order chi connectivity index (χ0) is 11.0. The molecule has 0 aliphatic carbocycles. The lowest BCUT2D eigenvalue weighted by Crippen LogP contribution is -1.93. The number of nitrogens with two attached hydrogens (primary N) is 1. The SMILES string of the molecule is Nc1ccc2[c]n(-c3ccccc3)nc2c1. The van der Waals surface area contributed by atoms with Crippen LogP contribution >= 0.6 is 0 Å². The van der Waals surface area contributed by atoms with Crippen molar-refractivity contribution in [3.05, 3.63) is 54.7 Å². The molecule has 3 aromatic rings. The molecule has 16 heavy (non-hydrogen) atoms. The second-order valence-electron chi connectivity index (χ2n) is 3.64. The van der Waals surface area contributed by atoms with Crippen LogP contribution in [0.15, 0.2) is 48.5 Å². The zero-order valence-corrected chi connectivity index (χ0v) is 8.59. The summed E-state index contributed by atoms with van der Waals surface area (Å²) < 4.78 is 1.74. The molecule has 1 aromatic heterocycles. The molecular formula is C13H10N3. The first-order valence-corrected chi connectivity index (χ1v) is 5.06. The number of hydrogen-bond donors (Lipinski definition) is 1. The number of hydrogen-bond acceptors (Lipinski definition) is 2. The highest BCUT2D eigenvalue weighted by Gasteiger charge is 2.02. The van der Waals surface area contributed by atoms with Gasteiger partial charge in [0.15, 0.2) is 0 Å². The smallest absolute Gasteiger partial charge is 0.101 e. The van der Waals surface area contributed by atoms with Crippen LogP contribution < -0.4 is 5.73 Å². The van der Waals surface area contributed by atoms with Crippen molar-refractivity contribution in [1.29, 1.82) is 0 Å². The molecule has 0 bridgehead atoms. The van der Waals surface area contributed by atoms with Crippen molar-refractivity contribution in [3.63, 3.8) is 0 Å². The van der Waals surface area contributed by atoms with Crippen LogP contribution in [0.1, 0.15) is 0 Å². The molecule has 0 fully saturated rings. The highest BCUT2D eigenvalue weighted by Crippen LogP contribution is 2.17. The highest BCUT2D eigenvalue weighted by atomic mass is 15.3. The van der Waals surface area contributed by atoms with Gasteiger partial charge in [-0.3, -0.25) is 0 Å². The molecule has 0 aliphatic rings. The van der Waals surface area contributed by atoms with Gasteiger partial charge in [-0.05, 0) is 30.3 Å². The molecule has 1 heterocycles. The molecule has 0 aliphatic heterocycles. The quantitative estimate of drug-likeness (QED) is 0.624. The summed E-state index contributed by atoms with van der Waals surface area (Å²) in [5.74, 6) is 0. The second-order valence-corrected chi connectivity index (χ2v) is 3.64. The summed E-state index contributed by atoms with van der Waals surface area (Å²) >= 11 is 0. The average molecular weight is 208 g/mol. The van der Waals surface area contributed by atoms with Crippen LogP contribution in [0.3, 0.4) is 0 Å². The van der Waals surface area contributed by atoms with Crippen LogP contribution in [0.25, 0.3) is 16.6 Å². The summed E-state index contributed by atoms with van der Waals surface area (Å²) in [7, 11) is 0. The van der Waals surface area contributed by atoms with Crippen molar-refractivity contribution in [3.8, 4) is 5.69 Å². The number of rotatable bonds is 1. The van der Waals surface area contributed by atoms with Gasteiger partial charge in [0.25, 0.3) is 0 Å². The highest BCUT2D eigenvalue weighted by molar-refractivity contribution is 5.81. The van der Waals surface area contributed by atoms with E-state index in [1.165, 1.54) is 0 Å². The Morgan fingerprint density at radius 3 is 2.69 bits per heavy atom. The number of nitrogen functional groups attached to an aromatic ring is 1. The van der Waals surface area contributed by atoms with Gasteiger partial charge in [0, 0.05) is 11.1 Å². The molecule has 3 rings (SSSR count). The van der Waals surface area contributed by atoms with Crippen molar-refractivity contribution in [2.24, 2.45) is 0 Å². The molecular weight excluding hydrogens is 198 g/mol. The first-order valence-electron chi connectivity index (χ1n) is 5.06. The minimum Gasteiger partial charge on any atom is -0.399 e. The Hall–Kier alpha value is -2.29. The van der Waals surface area contributed by atoms with Crippen LogP contribution in [0.5, 0.6) is 0 Å². The monoisotopic (exact) mass is 208 g/mol. The molecule has 0 spiro atoms. The molecule has 2 aromatic carbocycles. The van der Waals surface area contributed by atoms with Gasteiger partial charge in [-0.15, -0.1) is 0 Å². The Labute approximate surface area is 93.1 Å². The Balaban J connectivity index is 2.19. The molecule has 0 unspecified atom stereocenters. The fraction of sp³-hybridized carbons (Fsp3) is 0. The summed E-state index contributed by atoms with van der Waals surface area (Å²) in [6.07, 6.45) is 3.19. The maximum Gasteiger partial charge on any atom is 0.101 e. The van der Waals surface area contributed by atoms with E-state index in [9.17, 15) is 0 Å². The number of aromatic nitrogens is 2. The normalized spacial score (nSPS) is 10.8. The number of anilines is 1. The first kappa shape index (κ1) is 8.97. The molecule has 3 heteroatoms. The molecule has 0 saturated carbocycles. The third-order valence-corrected chi connectivity index (χ3v) is 2.46. The molecule has 0 amide bonds. The number of para-hydroxylation sites is 1. The lowest BCUT2D eigenvalue weighted by Gasteiger charge is -1.97. The van der Waals surface area contributed by atoms with Gasteiger partial charge in [0.1, 0.15) is 6.20 Å². The van der Waals surface area contributed by atoms with Gasteiger partial charge in [-0.25, -0.2) is 4.68 Å². The Morgan fingerprint density at radius 2 is 1.88 bits per heavy atom. The van der Waals surface area contributed by atoms with Crippen molar-refractivity contribution >= 4 is 16.6 Å². The Morgan fingerprint density at radius 1 is 1.06 bits per heavy atom. The van der Waals surface area contributed by atoms with E-state index in [1.54, 1.807) is 4.68 Å². The van der Waals surface area contributed by atoms with Gasteiger partial charge in [0.2, 0.25) is 0 Å². The number of fused-ring (bicyclic) bond motifs is 1. The molecule has 0 atom stereocenters. The summed E-state index contributed by atoms with van der Waals surface area (Å²) in [6, 6.07) is 15.5. The lowest BCUT2D eigenvalue weighted by atomic mass is 10.2. The standard InChI is InChI=1S/C13H10N3/c14-11-7-6-10-9-16(15-13(10)8-11)12-4-2-1-3-5-12/h1-8H,14H2. The van der Waals surface area contributed by atoms with E-state index in [0.29, 0.717) is 0 Å². The van der Waals surface area contributed by atoms with E-state index in [4.69, 9.17) is 5.73 Å². The maximum absolute atomic E-state index is 5.71. The van der Waals surface area contributed by atoms with E-state index in [1.807, 2.05) is 48.5 Å². The van der Waals surface area contributed by atoms with Gasteiger partial charge >= 0.3 is 0 Å². The number of nitrogens with zero attached hydrogens (tertiary/aromatic N) is 2. The third-order valence-electron chi connectivity index (χ3n) is 2.46. The zero-order valence-electron chi connectivity index (χ0n) is 8.59. The predicted molar refractivity (Wildman–Crippen MR) is 64.3 cm³/mol. The van der Waals surface area contributed by atoms with Gasteiger partial charge in [0.05, 0.1) is 11.2 Å². The van der Waals surface area contributed by atoms with Crippen LogP contribution in [-0.4, -0.2) is 9.78 Å². The lowest BCUT2D eigenvalue weighted by molar-refractivity contribution is 0.889. The molecule has 3 nitrogen and oxygen atoms in total. The van der Waals surface area contributed by atoms with Crippen LogP contribution in [0.4, 0.5) is 5.69 Å². The van der Waals surface area contributed by atoms with Gasteiger partial charge < -0.3 is 5.73 Å². The van der Waals surface area contributed by atoms with E-state index in [2.05, 4.69) is 11.3 Å². The van der Waals surface area contributed by atoms with Crippen LogP contribution in [0.2, 0.25) is 0 Å². The van der Waals surface area contributed by atoms with Gasteiger partial charge in [-0.2, -0.15) is 5.10 Å². The summed E-state index contributed by atoms with van der Waals surface area (Å²) in [6.45, 7) is 0. The topological polar surface area (TPSA) is 43.8 Å². The summed E-state index contributed by atoms with van der Waals surface area (Å²) in [5, 5.41) is 5.40. The van der Waals surface area contributed by atoms with Crippen molar-refractivity contribution in [1.82, 2.24) is 9.78 Å². The summed E-state index contributed by atoms with van der Waals surface area (Å²) in [5.41, 5.74) is 8.29. The van der Waals surface area contributed by atoms with E-state index in [-0.39, 0.29) is 0 Å². The van der Waals surface area contributed by atoms with Crippen molar-refractivity contribution in [2.75, 3.05) is 5.73 Å². The largest absolute Gasteiger partial charge is 0.399 e. The fourth-order valence-corrected chi connectivity index (χ4v) is 1.66. The third kappa shape index (κ3) is 1.42. The molecule has 0 saturated heterocycles. The maximum atomic E-state index is 5.71. The average Bonchev–Trinajstić information content (AvgIpc) is 2.73. The second kappa shape index (κ2) is 3.38. The molecule has 77 valence electrons. The van der Waals surface area contributed by atoms with Gasteiger partial charge in [-0.1, -0.05) is 18.2 Å². The first-order chi connectivity index (χ1) is 7.83. The molecule has 2 N–H and O–H groups in total. The van der Waals surface area contributed by atoms with Crippen LogP contribution in [-0.2, 0) is 0 Å². The Kier molecular flexibility index (Phi) is 1.90.